The van der Waals surface area contributed by atoms with Gasteiger partial charge in [-0.05, 0) is 23.1 Å². The summed E-state index contributed by atoms with van der Waals surface area (Å²) in [6, 6.07) is 20.9. The molecule has 0 saturated carbocycles. The number of allylic oxidation sites excluding steroid dienone is 1. The highest BCUT2D eigenvalue weighted by atomic mass is 14.1. The molecule has 18 heavy (non-hydrogen) atoms. The maximum Gasteiger partial charge on any atom is 0.0121 e. The molecule has 0 saturated heterocycles. The van der Waals surface area contributed by atoms with E-state index < -0.39 is 0 Å². The first-order chi connectivity index (χ1) is 8.92. The van der Waals surface area contributed by atoms with E-state index in [0.29, 0.717) is 0 Å². The Balaban J connectivity index is 2.36. The fourth-order valence-electron chi connectivity index (χ4n) is 1.94. The average molecular weight is 232 g/mol. The van der Waals surface area contributed by atoms with E-state index in [1.165, 1.54) is 16.7 Å². The Morgan fingerprint density at radius 3 is 1.83 bits per heavy atom. The van der Waals surface area contributed by atoms with E-state index in [2.05, 4.69) is 60.5 Å². The van der Waals surface area contributed by atoms with Crippen molar-refractivity contribution in [3.8, 4) is 12.3 Å². The molecule has 0 radical (unpaired) electrons. The van der Waals surface area contributed by atoms with Crippen molar-refractivity contribution >= 4 is 5.57 Å². The summed E-state index contributed by atoms with van der Waals surface area (Å²) in [6.45, 7) is 0. The van der Waals surface area contributed by atoms with E-state index in [-0.39, 0.29) is 0 Å². The summed E-state index contributed by atoms with van der Waals surface area (Å²) in [4.78, 5) is 0. The molecule has 0 amide bonds. The minimum atomic E-state index is 0.781. The predicted octanol–water partition coefficient (Wildman–Crippen LogP) is 4.53. The first-order valence-corrected chi connectivity index (χ1v) is 6.16. The molecular formula is C18H16. The molecule has 0 unspecified atom stereocenters. The minimum Gasteiger partial charge on any atom is -0.120 e. The van der Waals surface area contributed by atoms with E-state index in [0.717, 1.165) is 12.8 Å². The normalized spacial score (nSPS) is 9.50. The number of terminal acetylenes is 1. The van der Waals surface area contributed by atoms with Crippen molar-refractivity contribution in [2.24, 2.45) is 0 Å². The van der Waals surface area contributed by atoms with Crippen LogP contribution in [0.5, 0.6) is 0 Å². The molecule has 0 bridgehead atoms. The summed E-state index contributed by atoms with van der Waals surface area (Å²) in [7, 11) is 0. The van der Waals surface area contributed by atoms with Crippen molar-refractivity contribution in [3.05, 3.63) is 77.9 Å². The molecule has 0 aliphatic carbocycles. The van der Waals surface area contributed by atoms with Gasteiger partial charge in [0.05, 0.1) is 0 Å². The molecule has 0 atom stereocenters. The van der Waals surface area contributed by atoms with Crippen molar-refractivity contribution in [2.75, 3.05) is 0 Å². The maximum absolute atomic E-state index is 5.31. The van der Waals surface area contributed by atoms with Crippen LogP contribution in [0, 0.1) is 12.3 Å². The van der Waals surface area contributed by atoms with E-state index in [4.69, 9.17) is 6.42 Å². The van der Waals surface area contributed by atoms with Crippen LogP contribution in [0.2, 0.25) is 0 Å². The Kier molecular flexibility index (Phi) is 4.39. The van der Waals surface area contributed by atoms with Crippen LogP contribution in [-0.4, -0.2) is 0 Å². The van der Waals surface area contributed by atoms with Crippen LogP contribution >= 0.6 is 0 Å². The van der Waals surface area contributed by atoms with Gasteiger partial charge in [-0.1, -0.05) is 66.7 Å². The summed E-state index contributed by atoms with van der Waals surface area (Å²) >= 11 is 0. The molecule has 2 aromatic rings. The fourth-order valence-corrected chi connectivity index (χ4v) is 1.94. The molecule has 0 aromatic heterocycles. The Bertz CT molecular complexity index is 500. The van der Waals surface area contributed by atoms with Crippen LogP contribution < -0.4 is 0 Å². The molecule has 0 fully saturated rings. The molecule has 0 aliphatic heterocycles. The Labute approximate surface area is 109 Å². The largest absolute Gasteiger partial charge is 0.120 e. The first kappa shape index (κ1) is 12.2. The summed E-state index contributed by atoms with van der Waals surface area (Å²) in [6.07, 6.45) is 9.23. The highest BCUT2D eigenvalue weighted by Gasteiger charge is 2.02. The molecule has 0 heteroatoms. The zero-order valence-electron chi connectivity index (χ0n) is 10.3. The van der Waals surface area contributed by atoms with Gasteiger partial charge in [-0.2, -0.15) is 0 Å². The second-order valence-electron chi connectivity index (χ2n) is 4.09. The molecule has 2 aromatic carbocycles. The number of unbranched alkanes of at least 4 members (excludes halogenated alkanes) is 1. The molecule has 0 nitrogen and oxygen atoms in total. The monoisotopic (exact) mass is 232 g/mol. The summed E-state index contributed by atoms with van der Waals surface area (Å²) in [5.74, 6) is 2.68. The standard InChI is InChI=1S/C18H16/c1-2-3-6-15-18(16-11-7-4-8-12-16)17-13-9-5-10-14-17/h1,4-5,7-15H,3,6H2. The van der Waals surface area contributed by atoms with E-state index in [9.17, 15) is 0 Å². The smallest absolute Gasteiger partial charge is 0.0121 e. The van der Waals surface area contributed by atoms with Crippen molar-refractivity contribution in [1.29, 1.82) is 0 Å². The van der Waals surface area contributed by atoms with Gasteiger partial charge in [0.2, 0.25) is 0 Å². The quantitative estimate of drug-likeness (QED) is 0.536. The van der Waals surface area contributed by atoms with Crippen LogP contribution in [-0.2, 0) is 0 Å². The van der Waals surface area contributed by atoms with Gasteiger partial charge in [0.15, 0.2) is 0 Å². The van der Waals surface area contributed by atoms with Gasteiger partial charge in [0, 0.05) is 6.42 Å². The van der Waals surface area contributed by atoms with E-state index in [1.807, 2.05) is 12.1 Å². The van der Waals surface area contributed by atoms with Gasteiger partial charge < -0.3 is 0 Å². The van der Waals surface area contributed by atoms with Crippen LogP contribution in [0.3, 0.4) is 0 Å². The molecule has 88 valence electrons. The first-order valence-electron chi connectivity index (χ1n) is 6.16. The van der Waals surface area contributed by atoms with Crippen LogP contribution in [0.25, 0.3) is 5.57 Å². The van der Waals surface area contributed by atoms with Gasteiger partial charge >= 0.3 is 0 Å². The van der Waals surface area contributed by atoms with E-state index >= 15 is 0 Å². The van der Waals surface area contributed by atoms with Crippen molar-refractivity contribution in [3.63, 3.8) is 0 Å². The van der Waals surface area contributed by atoms with Gasteiger partial charge in [-0.25, -0.2) is 0 Å². The third kappa shape index (κ3) is 3.12. The van der Waals surface area contributed by atoms with Crippen molar-refractivity contribution in [2.45, 2.75) is 12.8 Å². The Hall–Kier alpha value is -2.26. The van der Waals surface area contributed by atoms with Crippen LogP contribution in [0.4, 0.5) is 0 Å². The Morgan fingerprint density at radius 2 is 1.39 bits per heavy atom. The molecule has 0 aliphatic rings. The van der Waals surface area contributed by atoms with Gasteiger partial charge in [0.1, 0.15) is 0 Å². The zero-order chi connectivity index (χ0) is 12.6. The number of benzene rings is 2. The summed E-state index contributed by atoms with van der Waals surface area (Å²) in [5, 5.41) is 0. The SMILES string of the molecule is C#CCCC=C(c1ccccc1)c1ccccc1. The topological polar surface area (TPSA) is 0 Å². The molecule has 2 rings (SSSR count). The molecule has 0 heterocycles. The number of hydrogen-bond donors (Lipinski definition) is 0. The maximum atomic E-state index is 5.31. The lowest BCUT2D eigenvalue weighted by Crippen LogP contribution is -1.87. The lowest BCUT2D eigenvalue weighted by Gasteiger charge is -2.08. The third-order valence-electron chi connectivity index (χ3n) is 2.81. The summed E-state index contributed by atoms with van der Waals surface area (Å²) < 4.78 is 0. The third-order valence-corrected chi connectivity index (χ3v) is 2.81. The second kappa shape index (κ2) is 6.47. The summed E-state index contributed by atoms with van der Waals surface area (Å²) in [5.41, 5.74) is 3.73. The van der Waals surface area contributed by atoms with Gasteiger partial charge in [0.25, 0.3) is 0 Å². The lowest BCUT2D eigenvalue weighted by molar-refractivity contribution is 1.09. The molecular weight excluding hydrogens is 216 g/mol. The zero-order valence-corrected chi connectivity index (χ0v) is 10.3. The fraction of sp³-hybridized carbons (Fsp3) is 0.111. The van der Waals surface area contributed by atoms with Gasteiger partial charge in [-0.3, -0.25) is 0 Å². The number of rotatable bonds is 4. The molecule has 0 N–H and O–H groups in total. The second-order valence-corrected chi connectivity index (χ2v) is 4.09. The van der Waals surface area contributed by atoms with Crippen molar-refractivity contribution in [1.82, 2.24) is 0 Å². The van der Waals surface area contributed by atoms with Crippen LogP contribution in [0.1, 0.15) is 24.0 Å². The van der Waals surface area contributed by atoms with Crippen molar-refractivity contribution < 1.29 is 0 Å². The Morgan fingerprint density at radius 1 is 0.889 bits per heavy atom. The lowest BCUT2D eigenvalue weighted by atomic mass is 9.97. The highest BCUT2D eigenvalue weighted by Crippen LogP contribution is 2.23. The van der Waals surface area contributed by atoms with E-state index in [1.54, 1.807) is 0 Å². The average Bonchev–Trinajstić information content (AvgIpc) is 2.46. The van der Waals surface area contributed by atoms with Crippen LogP contribution in [0.15, 0.2) is 66.7 Å². The minimum absolute atomic E-state index is 0.781. The van der Waals surface area contributed by atoms with Gasteiger partial charge in [-0.15, -0.1) is 12.3 Å². The molecule has 0 spiro atoms. The number of hydrogen-bond acceptors (Lipinski definition) is 0. The predicted molar refractivity (Wildman–Crippen MR) is 78.0 cm³/mol. The highest BCUT2D eigenvalue weighted by molar-refractivity contribution is 5.79.